The Bertz CT molecular complexity index is 150. The van der Waals surface area contributed by atoms with Gasteiger partial charge in [-0.2, -0.15) is 5.26 Å². The average Bonchev–Trinajstić information content (AvgIpc) is 1.65. The molecule has 0 spiro atoms. The van der Waals surface area contributed by atoms with Gasteiger partial charge in [-0.25, -0.2) is 0 Å². The summed E-state index contributed by atoms with van der Waals surface area (Å²) in [4.78, 5) is 9.64. The third kappa shape index (κ3) is 7.59. The number of nitrogens with zero attached hydrogens (tertiary/aromatic N) is 2. The molecule has 1 amide bonds. The summed E-state index contributed by atoms with van der Waals surface area (Å²) in [5, 5.41) is 15.7. The normalized spacial score (nSPS) is 5.22. The summed E-state index contributed by atoms with van der Waals surface area (Å²) >= 11 is 0. The molecular formula is C3H3N3NaO2-. The number of carbonyl (C=O) groups is 1. The number of hydrogen-bond acceptors (Lipinski definition) is 3. The first kappa shape index (κ1) is 15.8. The van der Waals surface area contributed by atoms with E-state index < -0.39 is 11.6 Å². The summed E-state index contributed by atoms with van der Waals surface area (Å²) in [6.45, 7) is 0. The van der Waals surface area contributed by atoms with Crippen molar-refractivity contribution >= 4 is 11.6 Å². The molecule has 0 aromatic rings. The summed E-state index contributed by atoms with van der Waals surface area (Å²) in [7, 11) is 0. The van der Waals surface area contributed by atoms with E-state index in [9.17, 15) is 4.79 Å². The van der Waals surface area contributed by atoms with Crippen molar-refractivity contribution in [2.24, 2.45) is 5.73 Å². The topological polar surface area (TPSA) is 119 Å². The van der Waals surface area contributed by atoms with Gasteiger partial charge < -0.3 is 16.6 Å². The minimum atomic E-state index is -1.09. The molecule has 0 heterocycles. The second kappa shape index (κ2) is 7.59. The van der Waals surface area contributed by atoms with Crippen LogP contribution in [0, 0.1) is 11.3 Å². The third-order valence-electron chi connectivity index (χ3n) is 0.339. The Morgan fingerprint density at radius 2 is 2.00 bits per heavy atom. The molecule has 0 fully saturated rings. The zero-order chi connectivity index (χ0) is 5.86. The van der Waals surface area contributed by atoms with Gasteiger partial charge in [-0.15, -0.1) is 0 Å². The van der Waals surface area contributed by atoms with Gasteiger partial charge in [0.15, 0.2) is 0 Å². The number of hydrogen-bond donors (Lipinski definition) is 1. The smallest absolute Gasteiger partial charge is 0.870 e. The summed E-state index contributed by atoms with van der Waals surface area (Å²) in [6, 6.07) is 1.16. The van der Waals surface area contributed by atoms with Crippen molar-refractivity contribution in [1.82, 2.24) is 0 Å². The Morgan fingerprint density at radius 3 is 2.00 bits per heavy atom. The van der Waals surface area contributed by atoms with Gasteiger partial charge in [-0.3, -0.25) is 4.79 Å². The molecule has 44 valence electrons. The monoisotopic (exact) mass is 136 g/mol. The second-order valence-corrected chi connectivity index (χ2v) is 0.825. The quantitative estimate of drug-likeness (QED) is 0.291. The molecule has 0 saturated carbocycles. The molecule has 0 aromatic heterocycles. The predicted octanol–water partition coefficient (Wildman–Crippen LogP) is -4.17. The number of rotatable bonds is 1. The van der Waals surface area contributed by atoms with Crippen LogP contribution in [0.1, 0.15) is 0 Å². The van der Waals surface area contributed by atoms with Crippen molar-refractivity contribution in [3.05, 3.63) is 5.41 Å². The van der Waals surface area contributed by atoms with Crippen molar-refractivity contribution in [3.63, 3.8) is 0 Å². The van der Waals surface area contributed by atoms with E-state index in [0.717, 1.165) is 6.07 Å². The average molecular weight is 136 g/mol. The number of nitriles is 1. The molecule has 0 aliphatic rings. The van der Waals surface area contributed by atoms with E-state index in [1.54, 1.807) is 0 Å². The molecule has 9 heavy (non-hydrogen) atoms. The summed E-state index contributed by atoms with van der Waals surface area (Å²) < 4.78 is 0. The summed E-state index contributed by atoms with van der Waals surface area (Å²) in [5.41, 5.74) is 3.44. The van der Waals surface area contributed by atoms with E-state index in [0.29, 0.717) is 0 Å². The fraction of sp³-hybridized carbons (Fsp3) is 0. The molecule has 5 nitrogen and oxygen atoms in total. The van der Waals surface area contributed by atoms with Crippen LogP contribution in [-0.4, -0.2) is 17.1 Å². The minimum absolute atomic E-state index is 0. The van der Waals surface area contributed by atoms with Gasteiger partial charge >= 0.3 is 29.6 Å². The Hall–Kier alpha value is -0.410. The van der Waals surface area contributed by atoms with E-state index >= 15 is 0 Å². The Balaban J connectivity index is -0.000000180. The molecule has 0 unspecified atom stereocenters. The largest absolute Gasteiger partial charge is 1.00 e. The standard InChI is InChI=1S/C3H2N3O.Na.H2O/c4-1-2(5)3(6)7;;/h(H2,6,7);;1H2/q-1;+1;/p-1. The zero-order valence-corrected chi connectivity index (χ0v) is 6.83. The van der Waals surface area contributed by atoms with Gasteiger partial charge in [-0.1, -0.05) is 0 Å². The van der Waals surface area contributed by atoms with Crippen LogP contribution in [-0.2, 0) is 4.79 Å². The number of carbonyl (C=O) groups excluding carboxylic acids is 1. The van der Waals surface area contributed by atoms with Gasteiger partial charge in [0.05, 0.1) is 6.07 Å². The Labute approximate surface area is 73.9 Å². The fourth-order valence-electron chi connectivity index (χ4n) is 0.0551. The van der Waals surface area contributed by atoms with Gasteiger partial charge in [0.25, 0.3) is 0 Å². The number of nitrogens with two attached hydrogens (primary N) is 1. The van der Waals surface area contributed by atoms with Crippen molar-refractivity contribution < 1.29 is 39.8 Å². The van der Waals surface area contributed by atoms with Crippen LogP contribution in [0.2, 0.25) is 0 Å². The fourth-order valence-corrected chi connectivity index (χ4v) is 0.0551. The maximum atomic E-state index is 9.64. The van der Waals surface area contributed by atoms with Crippen molar-refractivity contribution in [1.29, 1.82) is 5.26 Å². The summed E-state index contributed by atoms with van der Waals surface area (Å²) in [6.07, 6.45) is 0. The maximum Gasteiger partial charge on any atom is 1.00 e. The Morgan fingerprint density at radius 1 is 1.67 bits per heavy atom. The van der Waals surface area contributed by atoms with E-state index in [1.165, 1.54) is 0 Å². The molecule has 3 N–H and O–H groups in total. The third-order valence-corrected chi connectivity index (χ3v) is 0.339. The van der Waals surface area contributed by atoms with Crippen LogP contribution in [0.5, 0.6) is 0 Å². The van der Waals surface area contributed by atoms with Crippen LogP contribution in [0.15, 0.2) is 0 Å². The van der Waals surface area contributed by atoms with Gasteiger partial charge in [0.1, 0.15) is 0 Å². The SMILES string of the molecule is N#CC(=[N-])C(N)=O.[Na+].[OH-]. The second-order valence-electron chi connectivity index (χ2n) is 0.825. The molecule has 6 heteroatoms. The van der Waals surface area contributed by atoms with Crippen molar-refractivity contribution in [2.45, 2.75) is 0 Å². The van der Waals surface area contributed by atoms with Gasteiger partial charge in [-0.05, 0) is 5.71 Å². The van der Waals surface area contributed by atoms with Crippen LogP contribution < -0.4 is 35.3 Å². The number of amides is 1. The van der Waals surface area contributed by atoms with Crippen LogP contribution >= 0.6 is 0 Å². The van der Waals surface area contributed by atoms with Crippen LogP contribution in [0.4, 0.5) is 0 Å². The van der Waals surface area contributed by atoms with Gasteiger partial charge in [0.2, 0.25) is 5.91 Å². The molecule has 0 aliphatic heterocycles. The van der Waals surface area contributed by atoms with Crippen molar-refractivity contribution in [3.8, 4) is 6.07 Å². The first-order valence-corrected chi connectivity index (χ1v) is 1.44. The zero-order valence-electron chi connectivity index (χ0n) is 4.83. The van der Waals surface area contributed by atoms with Crippen LogP contribution in [0.25, 0.3) is 5.41 Å². The molecule has 0 radical (unpaired) electrons. The molecule has 0 aliphatic carbocycles. The van der Waals surface area contributed by atoms with E-state index in [1.807, 2.05) is 0 Å². The minimum Gasteiger partial charge on any atom is -0.870 e. The molecule has 0 atom stereocenters. The first-order valence-electron chi connectivity index (χ1n) is 1.44. The molecule has 0 saturated heterocycles. The molecule has 0 aromatic carbocycles. The van der Waals surface area contributed by atoms with E-state index in [4.69, 9.17) is 10.7 Å². The first-order chi connectivity index (χ1) is 3.18. The van der Waals surface area contributed by atoms with E-state index in [-0.39, 0.29) is 35.0 Å². The van der Waals surface area contributed by atoms with Crippen LogP contribution in [0.3, 0.4) is 0 Å². The molecular weight excluding hydrogens is 133 g/mol. The van der Waals surface area contributed by atoms with E-state index in [2.05, 4.69) is 5.73 Å². The molecule has 0 bridgehead atoms. The van der Waals surface area contributed by atoms with Gasteiger partial charge in [0, 0.05) is 0 Å². The summed E-state index contributed by atoms with van der Waals surface area (Å²) in [5.74, 6) is -1.09. The Kier molecular flexibility index (Phi) is 13.4. The maximum absolute atomic E-state index is 9.64. The van der Waals surface area contributed by atoms with Crippen molar-refractivity contribution in [2.75, 3.05) is 0 Å². The number of primary amides is 1. The molecule has 0 rings (SSSR count). The predicted molar refractivity (Wildman–Crippen MR) is 25.1 cm³/mol.